The zero-order chi connectivity index (χ0) is 19.8. The molecule has 3 rings (SSSR count). The van der Waals surface area contributed by atoms with Crippen LogP contribution in [0.25, 0.3) is 11.1 Å². The predicted molar refractivity (Wildman–Crippen MR) is 108 cm³/mol. The van der Waals surface area contributed by atoms with Crippen LogP contribution in [-0.4, -0.2) is 19.1 Å². The normalized spacial score (nSPS) is 10.0. The molecule has 0 saturated heterocycles. The molecule has 5 heteroatoms. The third kappa shape index (κ3) is 4.89. The van der Waals surface area contributed by atoms with Gasteiger partial charge in [-0.25, -0.2) is 0 Å². The molecule has 0 fully saturated rings. The van der Waals surface area contributed by atoms with E-state index in [-0.39, 0.29) is 12.5 Å². The molecular formula is C23H20N2O3. The van der Waals surface area contributed by atoms with Gasteiger partial charge in [0.25, 0.3) is 5.91 Å². The van der Waals surface area contributed by atoms with Crippen LogP contribution < -0.4 is 14.8 Å². The summed E-state index contributed by atoms with van der Waals surface area (Å²) in [5.41, 5.74) is 3.26. The van der Waals surface area contributed by atoms with Gasteiger partial charge in [-0.05, 0) is 54.4 Å². The molecular weight excluding hydrogens is 352 g/mol. The van der Waals surface area contributed by atoms with Gasteiger partial charge in [-0.2, -0.15) is 5.26 Å². The highest BCUT2D eigenvalue weighted by Crippen LogP contribution is 2.24. The average Bonchev–Trinajstić information content (AvgIpc) is 2.74. The molecule has 3 aromatic rings. The minimum absolute atomic E-state index is 0.101. The van der Waals surface area contributed by atoms with Crippen LogP contribution in [0.5, 0.6) is 11.5 Å². The summed E-state index contributed by atoms with van der Waals surface area (Å²) in [5, 5.41) is 11.7. The van der Waals surface area contributed by atoms with Crippen molar-refractivity contribution in [1.29, 1.82) is 5.26 Å². The molecule has 1 N–H and O–H groups in total. The molecule has 0 radical (unpaired) electrons. The summed E-state index contributed by atoms with van der Waals surface area (Å²) < 4.78 is 11.1. The van der Waals surface area contributed by atoms with Crippen molar-refractivity contribution in [2.45, 2.75) is 6.92 Å². The van der Waals surface area contributed by atoms with Crippen molar-refractivity contribution in [1.82, 2.24) is 0 Å². The second-order valence-electron chi connectivity index (χ2n) is 5.98. The molecule has 0 aliphatic rings. The number of hydrogen-bond donors (Lipinski definition) is 1. The quantitative estimate of drug-likeness (QED) is 0.656. The first-order chi connectivity index (χ1) is 13.7. The smallest absolute Gasteiger partial charge is 0.262 e. The average molecular weight is 372 g/mol. The number of amides is 1. The SMILES string of the molecule is CCOc1ccccc1NC(=O)COc1ccc(-c2ccc(C#N)cc2)cc1. The van der Waals surface area contributed by atoms with Gasteiger partial charge in [0.05, 0.1) is 23.9 Å². The third-order valence-electron chi connectivity index (χ3n) is 4.03. The number of rotatable bonds is 7. The molecule has 140 valence electrons. The van der Waals surface area contributed by atoms with Crippen LogP contribution in [0.1, 0.15) is 12.5 Å². The van der Waals surface area contributed by atoms with Crippen molar-refractivity contribution < 1.29 is 14.3 Å². The summed E-state index contributed by atoms with van der Waals surface area (Å²) in [4.78, 5) is 12.2. The van der Waals surface area contributed by atoms with Crippen molar-refractivity contribution in [2.75, 3.05) is 18.5 Å². The molecule has 0 heterocycles. The highest BCUT2D eigenvalue weighted by molar-refractivity contribution is 5.93. The molecule has 0 aliphatic heterocycles. The van der Waals surface area contributed by atoms with Gasteiger partial charge in [-0.3, -0.25) is 4.79 Å². The van der Waals surface area contributed by atoms with Gasteiger partial charge >= 0.3 is 0 Å². The Kier molecular flexibility index (Phi) is 6.27. The number of nitrogens with zero attached hydrogens (tertiary/aromatic N) is 1. The molecule has 0 aromatic heterocycles. The molecule has 0 saturated carbocycles. The maximum Gasteiger partial charge on any atom is 0.262 e. The first-order valence-electron chi connectivity index (χ1n) is 8.94. The lowest BCUT2D eigenvalue weighted by Crippen LogP contribution is -2.20. The van der Waals surface area contributed by atoms with Crippen molar-refractivity contribution in [3.05, 3.63) is 78.4 Å². The van der Waals surface area contributed by atoms with Gasteiger partial charge in [0, 0.05) is 0 Å². The topological polar surface area (TPSA) is 71.3 Å². The van der Waals surface area contributed by atoms with Gasteiger partial charge in [0.15, 0.2) is 6.61 Å². The van der Waals surface area contributed by atoms with Gasteiger partial charge in [-0.1, -0.05) is 36.4 Å². The standard InChI is InChI=1S/C23H20N2O3/c1-2-27-22-6-4-3-5-21(22)25-23(26)16-28-20-13-11-19(12-14-20)18-9-7-17(15-24)8-10-18/h3-14H,2,16H2,1H3,(H,25,26). The second-order valence-corrected chi connectivity index (χ2v) is 5.98. The Hall–Kier alpha value is -3.78. The van der Waals surface area contributed by atoms with E-state index in [1.165, 1.54) is 0 Å². The summed E-state index contributed by atoms with van der Waals surface area (Å²) in [6, 6.07) is 24.2. The third-order valence-corrected chi connectivity index (χ3v) is 4.03. The molecule has 0 atom stereocenters. The first-order valence-corrected chi connectivity index (χ1v) is 8.94. The number of nitrogens with one attached hydrogen (secondary N) is 1. The molecule has 0 aliphatic carbocycles. The van der Waals surface area contributed by atoms with E-state index in [0.29, 0.717) is 29.4 Å². The molecule has 0 bridgehead atoms. The number of nitriles is 1. The van der Waals surface area contributed by atoms with Crippen LogP contribution in [0.4, 0.5) is 5.69 Å². The highest BCUT2D eigenvalue weighted by Gasteiger charge is 2.08. The summed E-state index contributed by atoms with van der Waals surface area (Å²) >= 11 is 0. The summed E-state index contributed by atoms with van der Waals surface area (Å²) in [7, 11) is 0. The Morgan fingerprint density at radius 3 is 2.21 bits per heavy atom. The maximum atomic E-state index is 12.2. The molecule has 0 spiro atoms. The van der Waals surface area contributed by atoms with Gasteiger partial charge in [0.2, 0.25) is 0 Å². The summed E-state index contributed by atoms with van der Waals surface area (Å²) in [6.07, 6.45) is 0. The van der Waals surface area contributed by atoms with Crippen LogP contribution in [0, 0.1) is 11.3 Å². The number of ether oxygens (including phenoxy) is 2. The fourth-order valence-corrected chi connectivity index (χ4v) is 2.67. The number of hydrogen-bond acceptors (Lipinski definition) is 4. The van der Waals surface area contributed by atoms with E-state index in [1.54, 1.807) is 18.2 Å². The van der Waals surface area contributed by atoms with E-state index in [4.69, 9.17) is 14.7 Å². The monoisotopic (exact) mass is 372 g/mol. The number of benzene rings is 3. The lowest BCUT2D eigenvalue weighted by atomic mass is 10.0. The zero-order valence-electron chi connectivity index (χ0n) is 15.5. The van der Waals surface area contributed by atoms with E-state index in [2.05, 4.69) is 11.4 Å². The van der Waals surface area contributed by atoms with Crippen LogP contribution in [0.2, 0.25) is 0 Å². The highest BCUT2D eigenvalue weighted by atomic mass is 16.5. The van der Waals surface area contributed by atoms with Crippen LogP contribution >= 0.6 is 0 Å². The van der Waals surface area contributed by atoms with E-state index in [1.807, 2.05) is 61.5 Å². The first kappa shape index (κ1) is 19.0. The van der Waals surface area contributed by atoms with Crippen LogP contribution in [0.15, 0.2) is 72.8 Å². The van der Waals surface area contributed by atoms with Crippen LogP contribution in [0.3, 0.4) is 0 Å². The molecule has 5 nitrogen and oxygen atoms in total. The lowest BCUT2D eigenvalue weighted by molar-refractivity contribution is -0.118. The van der Waals surface area contributed by atoms with Crippen molar-refractivity contribution >= 4 is 11.6 Å². The number of anilines is 1. The summed E-state index contributed by atoms with van der Waals surface area (Å²) in [5.74, 6) is 0.971. The van der Waals surface area contributed by atoms with Gasteiger partial charge in [0.1, 0.15) is 11.5 Å². The molecule has 0 unspecified atom stereocenters. The molecule has 1 amide bonds. The Balaban J connectivity index is 1.57. The van der Waals surface area contributed by atoms with Gasteiger partial charge < -0.3 is 14.8 Å². The Morgan fingerprint density at radius 2 is 1.57 bits per heavy atom. The van der Waals surface area contributed by atoms with Crippen LogP contribution in [-0.2, 0) is 4.79 Å². The molecule has 28 heavy (non-hydrogen) atoms. The predicted octanol–water partition coefficient (Wildman–Crippen LogP) is 4.64. The van der Waals surface area contributed by atoms with Crippen molar-refractivity contribution in [3.8, 4) is 28.7 Å². The fraction of sp³-hybridized carbons (Fsp3) is 0.130. The number of para-hydroxylation sites is 2. The Bertz CT molecular complexity index is 974. The Morgan fingerprint density at radius 1 is 0.929 bits per heavy atom. The maximum absolute atomic E-state index is 12.2. The minimum Gasteiger partial charge on any atom is -0.492 e. The fourth-order valence-electron chi connectivity index (χ4n) is 2.67. The minimum atomic E-state index is -0.261. The zero-order valence-corrected chi connectivity index (χ0v) is 15.5. The summed E-state index contributed by atoms with van der Waals surface area (Å²) in [6.45, 7) is 2.31. The van der Waals surface area contributed by atoms with Crippen molar-refractivity contribution in [2.24, 2.45) is 0 Å². The largest absolute Gasteiger partial charge is 0.492 e. The number of carbonyl (C=O) groups is 1. The van der Waals surface area contributed by atoms with E-state index in [0.717, 1.165) is 11.1 Å². The van der Waals surface area contributed by atoms with Gasteiger partial charge in [-0.15, -0.1) is 0 Å². The van der Waals surface area contributed by atoms with E-state index >= 15 is 0 Å². The van der Waals surface area contributed by atoms with E-state index < -0.39 is 0 Å². The van der Waals surface area contributed by atoms with Crippen molar-refractivity contribution in [3.63, 3.8) is 0 Å². The van der Waals surface area contributed by atoms with E-state index in [9.17, 15) is 4.79 Å². The molecule has 3 aromatic carbocycles. The number of carbonyl (C=O) groups excluding carboxylic acids is 1. The second kappa shape index (κ2) is 9.24. The Labute approximate surface area is 164 Å². The lowest BCUT2D eigenvalue weighted by Gasteiger charge is -2.12.